The number of ether oxygens (including phenoxy) is 1. The van der Waals surface area contributed by atoms with Gasteiger partial charge in [-0.1, -0.05) is 36.4 Å². The lowest BCUT2D eigenvalue weighted by atomic mass is 10.2. The van der Waals surface area contributed by atoms with E-state index in [0.717, 1.165) is 6.54 Å². The Kier molecular flexibility index (Phi) is 6.64. The van der Waals surface area contributed by atoms with Crippen LogP contribution in [-0.2, 0) is 21.3 Å². The second-order valence-corrected chi connectivity index (χ2v) is 8.81. The Hall–Kier alpha value is -2.73. The van der Waals surface area contributed by atoms with Crippen LogP contribution in [-0.4, -0.2) is 55.9 Å². The van der Waals surface area contributed by atoms with Crippen molar-refractivity contribution < 1.29 is 17.9 Å². The van der Waals surface area contributed by atoms with Gasteiger partial charge in [0.15, 0.2) is 6.10 Å². The van der Waals surface area contributed by atoms with Gasteiger partial charge in [-0.3, -0.25) is 4.90 Å². The molecule has 1 atom stereocenters. The van der Waals surface area contributed by atoms with Gasteiger partial charge in [-0.05, 0) is 30.7 Å². The normalized spacial score (nSPS) is 16.7. The maximum atomic E-state index is 13.0. The number of hydrogen-bond acceptors (Lipinski definition) is 6. The standard InChI is InChI=1S/C21H23N3O4S/c1-17(15-22)28-21(25)19-8-5-9-20(14-19)29(26,27)24-12-10-23(11-13-24)16-18-6-3-2-4-7-18/h2-9,14,17H,10-13,16H2,1H3. The minimum atomic E-state index is -3.71. The van der Waals surface area contributed by atoms with E-state index >= 15 is 0 Å². The van der Waals surface area contributed by atoms with Crippen LogP contribution in [0, 0.1) is 11.3 Å². The van der Waals surface area contributed by atoms with Gasteiger partial charge in [0.2, 0.25) is 10.0 Å². The molecule has 1 unspecified atom stereocenters. The third-order valence-electron chi connectivity index (χ3n) is 4.75. The predicted octanol–water partition coefficient (Wildman–Crippen LogP) is 2.26. The monoisotopic (exact) mass is 413 g/mol. The number of piperazine rings is 1. The Balaban J connectivity index is 1.66. The van der Waals surface area contributed by atoms with Crippen molar-refractivity contribution in [2.24, 2.45) is 0 Å². The zero-order chi connectivity index (χ0) is 20.9. The van der Waals surface area contributed by atoms with Crippen molar-refractivity contribution in [1.82, 2.24) is 9.21 Å². The van der Waals surface area contributed by atoms with Crippen molar-refractivity contribution in [2.75, 3.05) is 26.2 Å². The van der Waals surface area contributed by atoms with Crippen LogP contribution in [0.4, 0.5) is 0 Å². The first-order chi connectivity index (χ1) is 13.9. The molecule has 0 saturated carbocycles. The molecule has 1 heterocycles. The predicted molar refractivity (Wildman–Crippen MR) is 107 cm³/mol. The molecule has 0 bridgehead atoms. The molecule has 8 heteroatoms. The van der Waals surface area contributed by atoms with Gasteiger partial charge in [0, 0.05) is 32.7 Å². The molecule has 2 aromatic carbocycles. The first-order valence-electron chi connectivity index (χ1n) is 9.37. The highest BCUT2D eigenvalue weighted by molar-refractivity contribution is 7.89. The number of nitrogens with zero attached hydrogens (tertiary/aromatic N) is 3. The van der Waals surface area contributed by atoms with E-state index in [0.29, 0.717) is 26.2 Å². The van der Waals surface area contributed by atoms with Gasteiger partial charge in [-0.15, -0.1) is 0 Å². The van der Waals surface area contributed by atoms with Crippen LogP contribution in [0.1, 0.15) is 22.8 Å². The fourth-order valence-electron chi connectivity index (χ4n) is 3.16. The molecule has 1 aliphatic heterocycles. The van der Waals surface area contributed by atoms with Gasteiger partial charge in [-0.25, -0.2) is 13.2 Å². The number of benzene rings is 2. The van der Waals surface area contributed by atoms with E-state index in [1.165, 1.54) is 41.1 Å². The molecule has 152 valence electrons. The third-order valence-corrected chi connectivity index (χ3v) is 6.65. The van der Waals surface area contributed by atoms with E-state index in [1.54, 1.807) is 0 Å². The first kappa shape index (κ1) is 21.0. The first-order valence-corrected chi connectivity index (χ1v) is 10.8. The molecule has 3 rings (SSSR count). The zero-order valence-electron chi connectivity index (χ0n) is 16.2. The fraction of sp³-hybridized carbons (Fsp3) is 0.333. The molecule has 0 radical (unpaired) electrons. The molecule has 0 amide bonds. The average molecular weight is 413 g/mol. The van der Waals surface area contributed by atoms with Crippen LogP contribution in [0.2, 0.25) is 0 Å². The Bertz CT molecular complexity index is 994. The van der Waals surface area contributed by atoms with Crippen molar-refractivity contribution in [3.05, 3.63) is 65.7 Å². The SMILES string of the molecule is CC(C#N)OC(=O)c1cccc(S(=O)(=O)N2CCN(Cc3ccccc3)CC2)c1. The molecule has 0 aromatic heterocycles. The molecule has 0 N–H and O–H groups in total. The van der Waals surface area contributed by atoms with Gasteiger partial charge in [0.1, 0.15) is 6.07 Å². The van der Waals surface area contributed by atoms with E-state index in [4.69, 9.17) is 10.00 Å². The maximum absolute atomic E-state index is 13.0. The zero-order valence-corrected chi connectivity index (χ0v) is 17.0. The fourth-order valence-corrected chi connectivity index (χ4v) is 4.63. The lowest BCUT2D eigenvalue weighted by molar-refractivity contribution is 0.0435. The van der Waals surface area contributed by atoms with Crippen LogP contribution in [0.25, 0.3) is 0 Å². The highest BCUT2D eigenvalue weighted by Crippen LogP contribution is 2.20. The summed E-state index contributed by atoms with van der Waals surface area (Å²) in [5, 5.41) is 8.77. The molecule has 0 aliphatic carbocycles. The van der Waals surface area contributed by atoms with E-state index in [1.807, 2.05) is 24.3 Å². The maximum Gasteiger partial charge on any atom is 0.339 e. The Morgan fingerprint density at radius 3 is 2.45 bits per heavy atom. The topological polar surface area (TPSA) is 90.7 Å². The summed E-state index contributed by atoms with van der Waals surface area (Å²) < 4.78 is 32.4. The van der Waals surface area contributed by atoms with E-state index in [2.05, 4.69) is 17.0 Å². The van der Waals surface area contributed by atoms with Gasteiger partial charge in [0.25, 0.3) is 0 Å². The molecular weight excluding hydrogens is 390 g/mol. The lowest BCUT2D eigenvalue weighted by Crippen LogP contribution is -2.48. The van der Waals surface area contributed by atoms with Gasteiger partial charge in [-0.2, -0.15) is 9.57 Å². The van der Waals surface area contributed by atoms with Crippen molar-refractivity contribution in [3.63, 3.8) is 0 Å². The largest absolute Gasteiger partial charge is 0.444 e. The number of carbonyl (C=O) groups is 1. The van der Waals surface area contributed by atoms with Crippen LogP contribution in [0.5, 0.6) is 0 Å². The molecule has 1 fully saturated rings. The smallest absolute Gasteiger partial charge is 0.339 e. The molecule has 1 aliphatic rings. The van der Waals surface area contributed by atoms with Crippen LogP contribution in [0.15, 0.2) is 59.5 Å². The highest BCUT2D eigenvalue weighted by Gasteiger charge is 2.29. The number of hydrogen-bond donors (Lipinski definition) is 0. The van der Waals surface area contributed by atoms with E-state index < -0.39 is 22.1 Å². The summed E-state index contributed by atoms with van der Waals surface area (Å²) in [6, 6.07) is 17.6. The molecular formula is C21H23N3O4S. The second-order valence-electron chi connectivity index (χ2n) is 6.87. The minimum Gasteiger partial charge on any atom is -0.444 e. The van der Waals surface area contributed by atoms with Gasteiger partial charge >= 0.3 is 5.97 Å². The summed E-state index contributed by atoms with van der Waals surface area (Å²) in [7, 11) is -3.71. The highest BCUT2D eigenvalue weighted by atomic mass is 32.2. The third kappa shape index (κ3) is 5.21. The van der Waals surface area contributed by atoms with Gasteiger partial charge in [0.05, 0.1) is 10.5 Å². The Morgan fingerprint density at radius 2 is 1.79 bits per heavy atom. The number of esters is 1. The Labute approximate surface area is 171 Å². The van der Waals surface area contributed by atoms with Crippen LogP contribution < -0.4 is 0 Å². The van der Waals surface area contributed by atoms with Crippen LogP contribution >= 0.6 is 0 Å². The molecule has 7 nitrogen and oxygen atoms in total. The summed E-state index contributed by atoms with van der Waals surface area (Å²) in [6.45, 7) is 4.27. The number of sulfonamides is 1. The molecule has 0 spiro atoms. The van der Waals surface area contributed by atoms with E-state index in [9.17, 15) is 13.2 Å². The number of carbonyl (C=O) groups excluding carboxylic acids is 1. The average Bonchev–Trinajstić information content (AvgIpc) is 2.75. The number of rotatable bonds is 6. The second kappa shape index (κ2) is 9.18. The van der Waals surface area contributed by atoms with Crippen molar-refractivity contribution in [1.29, 1.82) is 5.26 Å². The van der Waals surface area contributed by atoms with E-state index in [-0.39, 0.29) is 10.5 Å². The minimum absolute atomic E-state index is 0.0491. The Morgan fingerprint density at radius 1 is 1.10 bits per heavy atom. The summed E-state index contributed by atoms with van der Waals surface area (Å²) >= 11 is 0. The van der Waals surface area contributed by atoms with Crippen molar-refractivity contribution >= 4 is 16.0 Å². The summed E-state index contributed by atoms with van der Waals surface area (Å²) in [5.74, 6) is -0.719. The lowest BCUT2D eigenvalue weighted by Gasteiger charge is -2.34. The summed E-state index contributed by atoms with van der Waals surface area (Å²) in [5.41, 5.74) is 1.30. The van der Waals surface area contributed by atoms with Crippen molar-refractivity contribution in [2.45, 2.75) is 24.5 Å². The summed E-state index contributed by atoms with van der Waals surface area (Å²) in [6.07, 6.45) is -0.902. The quantitative estimate of drug-likeness (QED) is 0.675. The molecule has 2 aromatic rings. The summed E-state index contributed by atoms with van der Waals surface area (Å²) in [4.78, 5) is 14.4. The molecule has 29 heavy (non-hydrogen) atoms. The number of nitriles is 1. The van der Waals surface area contributed by atoms with Crippen molar-refractivity contribution in [3.8, 4) is 6.07 Å². The van der Waals surface area contributed by atoms with Crippen LogP contribution in [0.3, 0.4) is 0 Å². The van der Waals surface area contributed by atoms with Gasteiger partial charge < -0.3 is 4.74 Å². The molecule has 1 saturated heterocycles.